The van der Waals surface area contributed by atoms with Crippen molar-refractivity contribution in [1.29, 1.82) is 0 Å². The molecule has 0 aliphatic heterocycles. The lowest BCUT2D eigenvalue weighted by atomic mass is 9.43. The summed E-state index contributed by atoms with van der Waals surface area (Å²) in [5, 5.41) is 4.52. The highest BCUT2D eigenvalue weighted by Crippen LogP contribution is 2.66. The molecule has 1 unspecified atom stereocenters. The van der Waals surface area contributed by atoms with Crippen molar-refractivity contribution >= 4 is 11.5 Å². The van der Waals surface area contributed by atoms with E-state index in [1.165, 1.54) is 31.4 Å². The first-order chi connectivity index (χ1) is 13.0. The number of fused-ring (bicyclic) bond motifs is 5. The Bertz CT molecular complexity index is 617. The van der Waals surface area contributed by atoms with Gasteiger partial charge in [-0.1, -0.05) is 25.9 Å². The van der Waals surface area contributed by atoms with E-state index in [1.54, 1.807) is 0 Å². The third kappa shape index (κ3) is 2.89. The Labute approximate surface area is 164 Å². The van der Waals surface area contributed by atoms with Gasteiger partial charge < -0.3 is 10.6 Å². The van der Waals surface area contributed by atoms with Crippen molar-refractivity contribution < 1.29 is 9.63 Å². The van der Waals surface area contributed by atoms with Gasteiger partial charge in [-0.25, -0.2) is 0 Å². The van der Waals surface area contributed by atoms with Crippen LogP contribution in [0.1, 0.15) is 78.6 Å². The molecule has 4 heteroatoms. The molecule has 0 amide bonds. The van der Waals surface area contributed by atoms with Gasteiger partial charge in [0.1, 0.15) is 12.4 Å². The van der Waals surface area contributed by atoms with E-state index in [4.69, 9.17) is 10.6 Å². The second kappa shape index (κ2) is 7.17. The molecule has 0 aromatic heterocycles. The van der Waals surface area contributed by atoms with Crippen LogP contribution in [0, 0.1) is 40.4 Å². The van der Waals surface area contributed by atoms with Gasteiger partial charge in [0.05, 0.1) is 5.71 Å². The van der Waals surface area contributed by atoms with Crippen LogP contribution in [-0.2, 0) is 9.63 Å². The lowest BCUT2D eigenvalue weighted by molar-refractivity contribution is -0.138. The number of Topliss-reactive ketones (excluding diaryl/α,β-unsaturated/α-hetero) is 1. The molecule has 2 N–H and O–H groups in total. The number of carbonyl (C=O) groups is 1. The van der Waals surface area contributed by atoms with Gasteiger partial charge in [0, 0.05) is 24.3 Å². The maximum atomic E-state index is 12.6. The Hall–Kier alpha value is -0.900. The van der Waals surface area contributed by atoms with Crippen molar-refractivity contribution in [2.24, 2.45) is 51.3 Å². The van der Waals surface area contributed by atoms with Crippen LogP contribution in [0.2, 0.25) is 0 Å². The molecule has 4 aliphatic rings. The molecule has 4 aliphatic carbocycles. The lowest BCUT2D eigenvalue weighted by Gasteiger charge is -2.61. The van der Waals surface area contributed by atoms with Crippen LogP contribution >= 0.6 is 0 Å². The largest absolute Gasteiger partial charge is 0.394 e. The molecule has 27 heavy (non-hydrogen) atoms. The van der Waals surface area contributed by atoms with Gasteiger partial charge in [0.15, 0.2) is 0 Å². The van der Waals surface area contributed by atoms with Crippen molar-refractivity contribution in [2.75, 3.05) is 13.2 Å². The summed E-state index contributed by atoms with van der Waals surface area (Å²) in [6, 6.07) is 0. The van der Waals surface area contributed by atoms with E-state index in [1.807, 2.05) is 0 Å². The first kappa shape index (κ1) is 19.4. The van der Waals surface area contributed by atoms with Crippen LogP contribution < -0.4 is 5.73 Å². The predicted octanol–water partition coefficient (Wildman–Crippen LogP) is 4.57. The molecule has 0 saturated heterocycles. The monoisotopic (exact) mass is 374 g/mol. The zero-order chi connectivity index (χ0) is 19.2. The third-order valence-corrected chi connectivity index (χ3v) is 9.32. The second-order valence-electron chi connectivity index (χ2n) is 10.2. The van der Waals surface area contributed by atoms with Crippen LogP contribution in [0.5, 0.6) is 0 Å². The fourth-order valence-electron chi connectivity index (χ4n) is 7.92. The quantitative estimate of drug-likeness (QED) is 0.579. The minimum atomic E-state index is -0.00807. The molecular formula is C23H38N2O2. The van der Waals surface area contributed by atoms with E-state index in [2.05, 4.69) is 25.9 Å². The van der Waals surface area contributed by atoms with Crippen LogP contribution in [0.25, 0.3) is 0 Å². The predicted molar refractivity (Wildman–Crippen MR) is 108 cm³/mol. The summed E-state index contributed by atoms with van der Waals surface area (Å²) in [5.41, 5.74) is 7.24. The molecule has 0 heterocycles. The number of hydrogen-bond donors (Lipinski definition) is 1. The summed E-state index contributed by atoms with van der Waals surface area (Å²) in [4.78, 5) is 18.1. The number of hydrogen-bond acceptors (Lipinski definition) is 4. The Kier molecular flexibility index (Phi) is 5.15. The SMILES string of the molecule is CC[C@H]1C(=NOCCN)CC[C@@]2(C)C1CC[C@@H]1[C@@H]2CC[C@]2(C)C(=O)CC[C@@H]12. The Morgan fingerprint density at radius 1 is 1.07 bits per heavy atom. The minimum absolute atomic E-state index is 0.00807. The van der Waals surface area contributed by atoms with E-state index in [-0.39, 0.29) is 5.41 Å². The minimum Gasteiger partial charge on any atom is -0.394 e. The molecule has 0 aromatic carbocycles. The Morgan fingerprint density at radius 2 is 1.89 bits per heavy atom. The molecular weight excluding hydrogens is 336 g/mol. The number of carbonyl (C=O) groups excluding carboxylic acids is 1. The Morgan fingerprint density at radius 3 is 2.63 bits per heavy atom. The summed E-state index contributed by atoms with van der Waals surface area (Å²) in [5.74, 6) is 4.03. The molecule has 4 fully saturated rings. The molecule has 0 aromatic rings. The van der Waals surface area contributed by atoms with Gasteiger partial charge >= 0.3 is 0 Å². The van der Waals surface area contributed by atoms with Crippen molar-refractivity contribution in [3.8, 4) is 0 Å². The average Bonchev–Trinajstić information content (AvgIpc) is 2.97. The molecule has 4 rings (SSSR count). The van der Waals surface area contributed by atoms with Gasteiger partial charge in [0.25, 0.3) is 0 Å². The molecule has 0 bridgehead atoms. The van der Waals surface area contributed by atoms with E-state index in [0.29, 0.717) is 36.2 Å². The average molecular weight is 375 g/mol. The van der Waals surface area contributed by atoms with Gasteiger partial charge in [-0.3, -0.25) is 4.79 Å². The maximum Gasteiger partial charge on any atom is 0.139 e. The zero-order valence-electron chi connectivity index (χ0n) is 17.5. The van der Waals surface area contributed by atoms with Crippen molar-refractivity contribution in [3.05, 3.63) is 0 Å². The number of oxime groups is 1. The van der Waals surface area contributed by atoms with Gasteiger partial charge in [-0.05, 0) is 80.5 Å². The highest BCUT2D eigenvalue weighted by atomic mass is 16.6. The smallest absolute Gasteiger partial charge is 0.139 e. The fourth-order valence-corrected chi connectivity index (χ4v) is 7.92. The standard InChI is InChI=1S/C23H38N2O2/c1-4-15-17-6-5-16-18-7-8-21(26)23(18,3)11-9-19(16)22(17,2)12-10-20(15)25-27-14-13-24/h15-19H,4-14,24H2,1-3H3/t15-,16+,17?,18+,19+,22+,23+/m1/s1. The second-order valence-corrected chi connectivity index (χ2v) is 10.2. The molecule has 0 radical (unpaired) electrons. The van der Waals surface area contributed by atoms with Crippen LogP contribution in [0.3, 0.4) is 0 Å². The number of ketones is 1. The van der Waals surface area contributed by atoms with Crippen molar-refractivity contribution in [1.82, 2.24) is 0 Å². The summed E-state index contributed by atoms with van der Waals surface area (Å²) in [6.07, 6.45) is 10.4. The lowest BCUT2D eigenvalue weighted by Crippen LogP contribution is -2.56. The zero-order valence-corrected chi connectivity index (χ0v) is 17.5. The summed E-state index contributed by atoms with van der Waals surface area (Å²) >= 11 is 0. The topological polar surface area (TPSA) is 64.7 Å². The van der Waals surface area contributed by atoms with Gasteiger partial charge in [0.2, 0.25) is 0 Å². The summed E-state index contributed by atoms with van der Waals surface area (Å²) < 4.78 is 0. The number of nitrogens with two attached hydrogens (primary N) is 1. The third-order valence-electron chi connectivity index (χ3n) is 9.32. The summed E-state index contributed by atoms with van der Waals surface area (Å²) in [7, 11) is 0. The Balaban J connectivity index is 1.58. The summed E-state index contributed by atoms with van der Waals surface area (Å²) in [6.45, 7) is 8.22. The molecule has 0 spiro atoms. The van der Waals surface area contributed by atoms with E-state index in [9.17, 15) is 4.79 Å². The maximum absolute atomic E-state index is 12.6. The van der Waals surface area contributed by atoms with Gasteiger partial charge in [-0.2, -0.15) is 0 Å². The molecule has 7 atom stereocenters. The van der Waals surface area contributed by atoms with E-state index < -0.39 is 0 Å². The molecule has 152 valence electrons. The van der Waals surface area contributed by atoms with Crippen LogP contribution in [-0.4, -0.2) is 24.6 Å². The van der Waals surface area contributed by atoms with Crippen molar-refractivity contribution in [3.63, 3.8) is 0 Å². The molecule has 4 nitrogen and oxygen atoms in total. The first-order valence-corrected chi connectivity index (χ1v) is 11.4. The normalized spacial score (nSPS) is 48.1. The number of rotatable bonds is 4. The van der Waals surface area contributed by atoms with E-state index >= 15 is 0 Å². The van der Waals surface area contributed by atoms with Crippen LogP contribution in [0.15, 0.2) is 5.16 Å². The highest BCUT2D eigenvalue weighted by molar-refractivity contribution is 5.88. The number of nitrogens with zero attached hydrogens (tertiary/aromatic N) is 1. The van der Waals surface area contributed by atoms with Crippen molar-refractivity contribution in [2.45, 2.75) is 78.6 Å². The van der Waals surface area contributed by atoms with E-state index in [0.717, 1.165) is 49.9 Å². The van der Waals surface area contributed by atoms with Crippen LogP contribution in [0.4, 0.5) is 0 Å². The fraction of sp³-hybridized carbons (Fsp3) is 0.913. The van der Waals surface area contributed by atoms with Gasteiger partial charge in [-0.15, -0.1) is 0 Å². The molecule has 4 saturated carbocycles. The highest BCUT2D eigenvalue weighted by Gasteiger charge is 2.61. The first-order valence-electron chi connectivity index (χ1n) is 11.4.